The van der Waals surface area contributed by atoms with Crippen molar-refractivity contribution in [3.05, 3.63) is 40.9 Å². The van der Waals surface area contributed by atoms with Crippen molar-refractivity contribution in [1.29, 1.82) is 0 Å². The second kappa shape index (κ2) is 5.46. The standard InChI is InChI=1S/C13H12BrN5O/c1-20-10-3-2-8(4-9(10)14)5-15-12-11-13(17-6-16-11)19-7-18-12/h2-4,6-7H,5H2,1H3,(H2,15,16,17,18,19). The molecular formula is C13H12BrN5O. The van der Waals surface area contributed by atoms with Gasteiger partial charge >= 0.3 is 0 Å². The first-order valence-electron chi connectivity index (χ1n) is 5.98. The van der Waals surface area contributed by atoms with Crippen LogP contribution in [0.4, 0.5) is 5.82 Å². The number of imidazole rings is 1. The fourth-order valence-corrected chi connectivity index (χ4v) is 2.49. The molecule has 102 valence electrons. The van der Waals surface area contributed by atoms with Crippen molar-refractivity contribution in [2.24, 2.45) is 0 Å². The molecule has 2 N–H and O–H groups in total. The van der Waals surface area contributed by atoms with E-state index in [-0.39, 0.29) is 0 Å². The van der Waals surface area contributed by atoms with Crippen LogP contribution in [0.15, 0.2) is 35.3 Å². The number of rotatable bonds is 4. The van der Waals surface area contributed by atoms with Crippen LogP contribution in [0.25, 0.3) is 11.2 Å². The van der Waals surface area contributed by atoms with Gasteiger partial charge in [0, 0.05) is 6.54 Å². The minimum absolute atomic E-state index is 0.640. The molecule has 2 aromatic heterocycles. The fraction of sp³-hybridized carbons (Fsp3) is 0.154. The lowest BCUT2D eigenvalue weighted by atomic mass is 10.2. The van der Waals surface area contributed by atoms with Crippen LogP contribution in [0.1, 0.15) is 5.56 Å². The van der Waals surface area contributed by atoms with Gasteiger partial charge in [-0.2, -0.15) is 0 Å². The average molecular weight is 334 g/mol. The summed E-state index contributed by atoms with van der Waals surface area (Å²) in [5, 5.41) is 3.26. The molecule has 0 radical (unpaired) electrons. The van der Waals surface area contributed by atoms with Crippen LogP contribution in [0.5, 0.6) is 5.75 Å². The normalized spacial score (nSPS) is 10.7. The Morgan fingerprint density at radius 2 is 2.20 bits per heavy atom. The van der Waals surface area contributed by atoms with Crippen LogP contribution in [-0.4, -0.2) is 27.0 Å². The van der Waals surface area contributed by atoms with Gasteiger partial charge in [0.1, 0.15) is 17.6 Å². The highest BCUT2D eigenvalue weighted by Crippen LogP contribution is 2.26. The van der Waals surface area contributed by atoms with Gasteiger partial charge in [0.25, 0.3) is 0 Å². The number of hydrogen-bond acceptors (Lipinski definition) is 5. The predicted molar refractivity (Wildman–Crippen MR) is 79.7 cm³/mol. The first kappa shape index (κ1) is 12.9. The quantitative estimate of drug-likeness (QED) is 0.767. The molecule has 0 aliphatic carbocycles. The van der Waals surface area contributed by atoms with Crippen LogP contribution < -0.4 is 10.1 Å². The van der Waals surface area contributed by atoms with E-state index >= 15 is 0 Å². The summed E-state index contributed by atoms with van der Waals surface area (Å²) in [5.41, 5.74) is 2.57. The van der Waals surface area contributed by atoms with E-state index in [0.717, 1.165) is 26.9 Å². The molecule has 3 aromatic rings. The van der Waals surface area contributed by atoms with Crippen LogP contribution in [0.2, 0.25) is 0 Å². The molecule has 2 heterocycles. The number of aromatic amines is 1. The number of nitrogens with one attached hydrogen (secondary N) is 2. The van der Waals surface area contributed by atoms with E-state index in [0.29, 0.717) is 12.4 Å². The number of benzene rings is 1. The molecule has 20 heavy (non-hydrogen) atoms. The number of hydrogen-bond donors (Lipinski definition) is 2. The molecule has 0 bridgehead atoms. The van der Waals surface area contributed by atoms with Crippen LogP contribution in [0, 0.1) is 0 Å². The predicted octanol–water partition coefficient (Wildman–Crippen LogP) is 2.74. The summed E-state index contributed by atoms with van der Waals surface area (Å²) in [4.78, 5) is 15.5. The van der Waals surface area contributed by atoms with Gasteiger partial charge in [0.05, 0.1) is 17.9 Å². The summed E-state index contributed by atoms with van der Waals surface area (Å²) in [6.45, 7) is 0.640. The Balaban J connectivity index is 1.79. The second-order valence-electron chi connectivity index (χ2n) is 4.14. The summed E-state index contributed by atoms with van der Waals surface area (Å²) >= 11 is 3.47. The van der Waals surface area contributed by atoms with Gasteiger partial charge in [-0.3, -0.25) is 0 Å². The van der Waals surface area contributed by atoms with Gasteiger partial charge in [-0.15, -0.1) is 0 Å². The number of methoxy groups -OCH3 is 1. The Labute approximate surface area is 123 Å². The first-order valence-corrected chi connectivity index (χ1v) is 6.77. The number of anilines is 1. The van der Waals surface area contributed by atoms with E-state index in [4.69, 9.17) is 4.74 Å². The molecule has 7 heteroatoms. The maximum atomic E-state index is 5.21. The molecule has 0 spiro atoms. The number of H-pyrrole nitrogens is 1. The van der Waals surface area contributed by atoms with E-state index in [2.05, 4.69) is 41.2 Å². The lowest BCUT2D eigenvalue weighted by Gasteiger charge is -2.08. The third-order valence-corrected chi connectivity index (χ3v) is 3.51. The summed E-state index contributed by atoms with van der Waals surface area (Å²) in [7, 11) is 1.65. The smallest absolute Gasteiger partial charge is 0.162 e. The van der Waals surface area contributed by atoms with E-state index in [1.807, 2.05) is 18.2 Å². The first-order chi connectivity index (χ1) is 9.78. The van der Waals surface area contributed by atoms with Gasteiger partial charge in [0.15, 0.2) is 11.5 Å². The van der Waals surface area contributed by atoms with E-state index in [1.165, 1.54) is 6.33 Å². The molecule has 3 rings (SSSR count). The molecule has 0 aliphatic heterocycles. The van der Waals surface area contributed by atoms with E-state index in [1.54, 1.807) is 13.4 Å². The minimum atomic E-state index is 0.640. The van der Waals surface area contributed by atoms with Crippen molar-refractivity contribution in [1.82, 2.24) is 19.9 Å². The van der Waals surface area contributed by atoms with Crippen molar-refractivity contribution in [2.45, 2.75) is 6.54 Å². The van der Waals surface area contributed by atoms with Gasteiger partial charge in [-0.1, -0.05) is 6.07 Å². The van der Waals surface area contributed by atoms with Gasteiger partial charge < -0.3 is 15.0 Å². The maximum Gasteiger partial charge on any atom is 0.162 e. The molecule has 1 aromatic carbocycles. The van der Waals surface area contributed by atoms with Crippen LogP contribution in [0.3, 0.4) is 0 Å². The highest BCUT2D eigenvalue weighted by molar-refractivity contribution is 9.10. The third kappa shape index (κ3) is 2.44. The zero-order chi connectivity index (χ0) is 13.9. The molecular weight excluding hydrogens is 322 g/mol. The van der Waals surface area contributed by atoms with Gasteiger partial charge in [-0.25, -0.2) is 15.0 Å². The van der Waals surface area contributed by atoms with Crippen LogP contribution in [-0.2, 0) is 6.54 Å². The maximum absolute atomic E-state index is 5.21. The average Bonchev–Trinajstić information content (AvgIpc) is 2.94. The summed E-state index contributed by atoms with van der Waals surface area (Å²) in [6.07, 6.45) is 3.11. The Morgan fingerprint density at radius 1 is 1.30 bits per heavy atom. The Kier molecular flexibility index (Phi) is 3.51. The lowest BCUT2D eigenvalue weighted by Crippen LogP contribution is -2.02. The highest BCUT2D eigenvalue weighted by atomic mass is 79.9. The van der Waals surface area contributed by atoms with Crippen molar-refractivity contribution in [2.75, 3.05) is 12.4 Å². The van der Waals surface area contributed by atoms with Gasteiger partial charge in [-0.05, 0) is 33.6 Å². The second-order valence-corrected chi connectivity index (χ2v) is 5.00. The number of ether oxygens (including phenoxy) is 1. The number of fused-ring (bicyclic) bond motifs is 1. The summed E-state index contributed by atoms with van der Waals surface area (Å²) in [6, 6.07) is 5.93. The largest absolute Gasteiger partial charge is 0.496 e. The Hall–Kier alpha value is -2.15. The van der Waals surface area contributed by atoms with Crippen LogP contribution >= 0.6 is 15.9 Å². The number of aromatic nitrogens is 4. The molecule has 0 aliphatic rings. The van der Waals surface area contributed by atoms with Crippen molar-refractivity contribution >= 4 is 32.9 Å². The number of nitrogens with zero attached hydrogens (tertiary/aromatic N) is 3. The lowest BCUT2D eigenvalue weighted by molar-refractivity contribution is 0.412. The highest BCUT2D eigenvalue weighted by Gasteiger charge is 2.06. The molecule has 0 unspecified atom stereocenters. The van der Waals surface area contributed by atoms with E-state index < -0.39 is 0 Å². The molecule has 6 nitrogen and oxygen atoms in total. The molecule has 0 saturated heterocycles. The third-order valence-electron chi connectivity index (χ3n) is 2.89. The number of halogens is 1. The molecule has 0 saturated carbocycles. The van der Waals surface area contributed by atoms with Crippen molar-refractivity contribution < 1.29 is 4.74 Å². The Bertz CT molecular complexity index is 742. The SMILES string of the molecule is COc1ccc(CNc2ncnc3[nH]cnc23)cc1Br. The zero-order valence-electron chi connectivity index (χ0n) is 10.7. The fourth-order valence-electron chi connectivity index (χ4n) is 1.90. The topological polar surface area (TPSA) is 75.7 Å². The zero-order valence-corrected chi connectivity index (χ0v) is 12.3. The van der Waals surface area contributed by atoms with Crippen molar-refractivity contribution in [3.8, 4) is 5.75 Å². The molecule has 0 amide bonds. The van der Waals surface area contributed by atoms with E-state index in [9.17, 15) is 0 Å². The minimum Gasteiger partial charge on any atom is -0.496 e. The monoisotopic (exact) mass is 333 g/mol. The summed E-state index contributed by atoms with van der Waals surface area (Å²) in [5.74, 6) is 1.52. The summed E-state index contributed by atoms with van der Waals surface area (Å²) < 4.78 is 6.13. The molecule has 0 fully saturated rings. The van der Waals surface area contributed by atoms with Crippen molar-refractivity contribution in [3.63, 3.8) is 0 Å². The Morgan fingerprint density at radius 3 is 3.00 bits per heavy atom. The molecule has 0 atom stereocenters. The van der Waals surface area contributed by atoms with Gasteiger partial charge in [0.2, 0.25) is 0 Å².